The molecule has 0 bridgehead atoms. The fraction of sp³-hybridized carbons (Fsp3) is 0.261. The lowest BCUT2D eigenvalue weighted by atomic mass is 10.1. The zero-order valence-corrected chi connectivity index (χ0v) is 16.3. The highest BCUT2D eigenvalue weighted by molar-refractivity contribution is 5.92. The van der Waals surface area contributed by atoms with Crippen molar-refractivity contribution in [2.24, 2.45) is 0 Å². The van der Waals surface area contributed by atoms with Gasteiger partial charge in [-0.1, -0.05) is 24.3 Å². The molecule has 1 fully saturated rings. The third-order valence-electron chi connectivity index (χ3n) is 5.33. The van der Waals surface area contributed by atoms with Crippen molar-refractivity contribution in [1.29, 1.82) is 0 Å². The number of hydrogen-bond donors (Lipinski definition) is 0. The van der Waals surface area contributed by atoms with Crippen LogP contribution in [0, 0.1) is 0 Å². The van der Waals surface area contributed by atoms with Gasteiger partial charge in [0, 0.05) is 42.0 Å². The number of hydrogen-bond acceptors (Lipinski definition) is 6. The number of rotatable bonds is 6. The predicted octanol–water partition coefficient (Wildman–Crippen LogP) is 4.02. The SMILES string of the molecule is COc1cc2ncnc(N3CCC3)c2cc1OCCc1ccc2ccccc2n1. The van der Waals surface area contributed by atoms with Gasteiger partial charge in [0.25, 0.3) is 0 Å². The lowest BCUT2D eigenvalue weighted by molar-refractivity contribution is 0.297. The van der Waals surface area contributed by atoms with E-state index in [1.165, 1.54) is 6.42 Å². The van der Waals surface area contributed by atoms with Crippen LogP contribution in [0.4, 0.5) is 5.82 Å². The molecule has 0 unspecified atom stereocenters. The fourth-order valence-electron chi connectivity index (χ4n) is 3.62. The Kier molecular flexibility index (Phi) is 4.60. The quantitative estimate of drug-likeness (QED) is 0.499. The van der Waals surface area contributed by atoms with Crippen molar-refractivity contribution >= 4 is 27.6 Å². The first-order chi connectivity index (χ1) is 14.3. The van der Waals surface area contributed by atoms with Crippen molar-refractivity contribution in [1.82, 2.24) is 15.0 Å². The highest BCUT2D eigenvalue weighted by atomic mass is 16.5. The summed E-state index contributed by atoms with van der Waals surface area (Å²) in [5.74, 6) is 2.35. The van der Waals surface area contributed by atoms with Gasteiger partial charge in [-0.3, -0.25) is 4.98 Å². The van der Waals surface area contributed by atoms with E-state index in [0.29, 0.717) is 18.1 Å². The van der Waals surface area contributed by atoms with E-state index in [9.17, 15) is 0 Å². The number of para-hydroxylation sites is 1. The number of methoxy groups -OCH3 is 1. The Morgan fingerprint density at radius 1 is 0.966 bits per heavy atom. The van der Waals surface area contributed by atoms with Crippen LogP contribution in [0.1, 0.15) is 12.1 Å². The summed E-state index contributed by atoms with van der Waals surface area (Å²) in [5, 5.41) is 2.14. The summed E-state index contributed by atoms with van der Waals surface area (Å²) in [6.07, 6.45) is 3.53. The predicted molar refractivity (Wildman–Crippen MR) is 114 cm³/mol. The summed E-state index contributed by atoms with van der Waals surface area (Å²) in [4.78, 5) is 15.9. The maximum atomic E-state index is 6.10. The van der Waals surface area contributed by atoms with Crippen LogP contribution in [-0.2, 0) is 6.42 Å². The molecule has 0 spiro atoms. The molecule has 2 aromatic carbocycles. The van der Waals surface area contributed by atoms with Crippen LogP contribution in [0.3, 0.4) is 0 Å². The minimum absolute atomic E-state index is 0.514. The van der Waals surface area contributed by atoms with Crippen LogP contribution in [0.2, 0.25) is 0 Å². The summed E-state index contributed by atoms with van der Waals surface area (Å²) in [7, 11) is 1.65. The molecule has 4 aromatic rings. The second-order valence-corrected chi connectivity index (χ2v) is 7.15. The molecule has 29 heavy (non-hydrogen) atoms. The lowest BCUT2D eigenvalue weighted by Crippen LogP contribution is -2.37. The Hall–Kier alpha value is -3.41. The molecular formula is C23H22N4O2. The monoisotopic (exact) mass is 386 g/mol. The van der Waals surface area contributed by atoms with E-state index in [1.54, 1.807) is 13.4 Å². The normalized spacial score (nSPS) is 13.5. The van der Waals surface area contributed by atoms with E-state index in [4.69, 9.17) is 14.5 Å². The summed E-state index contributed by atoms with van der Waals surface area (Å²) in [6.45, 7) is 2.57. The van der Waals surface area contributed by atoms with Crippen LogP contribution in [0.25, 0.3) is 21.8 Å². The van der Waals surface area contributed by atoms with Gasteiger partial charge in [-0.05, 0) is 24.6 Å². The fourth-order valence-corrected chi connectivity index (χ4v) is 3.62. The van der Waals surface area contributed by atoms with E-state index < -0.39 is 0 Å². The molecule has 6 nitrogen and oxygen atoms in total. The van der Waals surface area contributed by atoms with E-state index in [-0.39, 0.29) is 0 Å². The molecule has 1 aliphatic heterocycles. The lowest BCUT2D eigenvalue weighted by Gasteiger charge is -2.32. The van der Waals surface area contributed by atoms with E-state index in [1.807, 2.05) is 30.3 Å². The van der Waals surface area contributed by atoms with Gasteiger partial charge in [0.05, 0.1) is 24.8 Å². The Bertz CT molecular complexity index is 1170. The van der Waals surface area contributed by atoms with Crippen molar-refractivity contribution < 1.29 is 9.47 Å². The Morgan fingerprint density at radius 2 is 1.86 bits per heavy atom. The largest absolute Gasteiger partial charge is 0.493 e. The van der Waals surface area contributed by atoms with Gasteiger partial charge in [-0.15, -0.1) is 0 Å². The average Bonchev–Trinajstić information content (AvgIpc) is 2.72. The second-order valence-electron chi connectivity index (χ2n) is 7.15. The molecule has 6 heteroatoms. The molecule has 1 aliphatic rings. The van der Waals surface area contributed by atoms with E-state index in [2.05, 4.69) is 33.1 Å². The highest BCUT2D eigenvalue weighted by Crippen LogP contribution is 2.36. The number of nitrogens with zero attached hydrogens (tertiary/aromatic N) is 4. The maximum absolute atomic E-state index is 6.10. The smallest absolute Gasteiger partial charge is 0.162 e. The Morgan fingerprint density at radius 3 is 2.69 bits per heavy atom. The summed E-state index contributed by atoms with van der Waals surface area (Å²) >= 11 is 0. The van der Waals surface area contributed by atoms with Crippen LogP contribution in [0.15, 0.2) is 54.9 Å². The molecule has 0 amide bonds. The van der Waals surface area contributed by atoms with Crippen LogP contribution < -0.4 is 14.4 Å². The number of ether oxygens (including phenoxy) is 2. The molecule has 0 aliphatic carbocycles. The van der Waals surface area contributed by atoms with Crippen molar-refractivity contribution in [2.75, 3.05) is 31.7 Å². The first-order valence-corrected chi connectivity index (χ1v) is 9.87. The summed E-state index contributed by atoms with van der Waals surface area (Å²) in [5.41, 5.74) is 2.87. The number of pyridine rings is 1. The minimum atomic E-state index is 0.514. The molecule has 0 radical (unpaired) electrons. The Labute approximate surface area is 169 Å². The first-order valence-electron chi connectivity index (χ1n) is 9.87. The molecular weight excluding hydrogens is 364 g/mol. The number of anilines is 1. The molecule has 5 rings (SSSR count). The number of fused-ring (bicyclic) bond motifs is 2. The molecule has 2 aromatic heterocycles. The molecule has 146 valence electrons. The molecule has 1 saturated heterocycles. The second kappa shape index (κ2) is 7.54. The van der Waals surface area contributed by atoms with Gasteiger partial charge in [0.1, 0.15) is 12.1 Å². The number of aromatic nitrogens is 3. The van der Waals surface area contributed by atoms with Gasteiger partial charge >= 0.3 is 0 Å². The van der Waals surface area contributed by atoms with Crippen molar-refractivity contribution in [3.63, 3.8) is 0 Å². The summed E-state index contributed by atoms with van der Waals surface area (Å²) in [6, 6.07) is 16.2. The zero-order chi connectivity index (χ0) is 19.6. The zero-order valence-electron chi connectivity index (χ0n) is 16.3. The van der Waals surface area contributed by atoms with Gasteiger partial charge < -0.3 is 14.4 Å². The van der Waals surface area contributed by atoms with Crippen LogP contribution in [-0.4, -0.2) is 41.8 Å². The minimum Gasteiger partial charge on any atom is -0.493 e. The van der Waals surface area contributed by atoms with Gasteiger partial charge in [-0.2, -0.15) is 0 Å². The van der Waals surface area contributed by atoms with Crippen LogP contribution in [0.5, 0.6) is 11.5 Å². The average molecular weight is 386 g/mol. The molecule has 0 atom stereocenters. The van der Waals surface area contributed by atoms with Gasteiger partial charge in [-0.25, -0.2) is 9.97 Å². The van der Waals surface area contributed by atoms with Gasteiger partial charge in [0.2, 0.25) is 0 Å². The van der Waals surface area contributed by atoms with Crippen molar-refractivity contribution in [3.8, 4) is 11.5 Å². The maximum Gasteiger partial charge on any atom is 0.162 e. The van der Waals surface area contributed by atoms with Crippen molar-refractivity contribution in [2.45, 2.75) is 12.8 Å². The Balaban J connectivity index is 1.38. The standard InChI is InChI=1S/C23H22N4O2/c1-28-21-14-20-18(23(25-15-24-20)27-10-4-11-27)13-22(21)29-12-9-17-8-7-16-5-2-3-6-19(16)26-17/h2-3,5-8,13-15H,4,9-12H2,1H3. The van der Waals surface area contributed by atoms with Gasteiger partial charge in [0.15, 0.2) is 11.5 Å². The molecule has 0 saturated carbocycles. The number of benzene rings is 2. The molecule has 3 heterocycles. The highest BCUT2D eigenvalue weighted by Gasteiger charge is 2.20. The third-order valence-corrected chi connectivity index (χ3v) is 5.33. The topological polar surface area (TPSA) is 60.4 Å². The molecule has 0 N–H and O–H groups in total. The van der Waals surface area contributed by atoms with Crippen LogP contribution >= 0.6 is 0 Å². The van der Waals surface area contributed by atoms with E-state index >= 15 is 0 Å². The van der Waals surface area contributed by atoms with Crippen molar-refractivity contribution in [3.05, 3.63) is 60.6 Å². The first kappa shape index (κ1) is 17.7. The van der Waals surface area contributed by atoms with E-state index in [0.717, 1.165) is 52.8 Å². The summed E-state index contributed by atoms with van der Waals surface area (Å²) < 4.78 is 11.6. The third kappa shape index (κ3) is 3.42.